The van der Waals surface area contributed by atoms with Gasteiger partial charge in [0.05, 0.1) is 15.0 Å². The Hall–Kier alpha value is -0.500. The predicted octanol–water partition coefficient (Wildman–Crippen LogP) is 1.68. The van der Waals surface area contributed by atoms with E-state index in [2.05, 4.69) is 32.7 Å². The van der Waals surface area contributed by atoms with E-state index >= 15 is 0 Å². The molecule has 0 aliphatic carbocycles. The first-order chi connectivity index (χ1) is 7.18. The Balaban J connectivity index is 2.53. The molecule has 0 unspecified atom stereocenters. The minimum absolute atomic E-state index is 0.0420. The largest absolute Gasteiger partial charge is 0.306 e. The topological polar surface area (TPSA) is 50.2 Å². The van der Waals surface area contributed by atoms with Gasteiger partial charge in [0.2, 0.25) is 0 Å². The van der Waals surface area contributed by atoms with Crippen LogP contribution in [0.2, 0.25) is 0 Å². The predicted molar refractivity (Wildman–Crippen MR) is 68.3 cm³/mol. The van der Waals surface area contributed by atoms with E-state index in [0.29, 0.717) is 0 Å². The second-order valence-electron chi connectivity index (χ2n) is 3.53. The van der Waals surface area contributed by atoms with Gasteiger partial charge in [-0.3, -0.25) is 4.79 Å². The third kappa shape index (κ3) is 1.27. The molecule has 0 aromatic carbocycles. The Bertz CT molecular complexity index is 616. The molecule has 0 amide bonds. The zero-order chi connectivity index (χ0) is 10.6. The molecule has 2 aromatic heterocycles. The van der Waals surface area contributed by atoms with Crippen LogP contribution in [0, 0.1) is 10.5 Å². The van der Waals surface area contributed by atoms with Crippen molar-refractivity contribution in [1.82, 2.24) is 14.6 Å². The van der Waals surface area contributed by atoms with Crippen LogP contribution < -0.4 is 5.56 Å². The Kier molecular flexibility index (Phi) is 2.10. The zero-order valence-corrected chi connectivity index (χ0v) is 11.0. The van der Waals surface area contributed by atoms with Gasteiger partial charge in [-0.1, -0.05) is 0 Å². The number of thioether (sulfide) groups is 1. The fourth-order valence-corrected chi connectivity index (χ4v) is 3.37. The summed E-state index contributed by atoms with van der Waals surface area (Å²) < 4.78 is 2.91. The number of rotatable bonds is 0. The van der Waals surface area contributed by atoms with Gasteiger partial charge in [-0.15, -0.1) is 0 Å². The van der Waals surface area contributed by atoms with Gasteiger partial charge in [0.25, 0.3) is 5.56 Å². The molecule has 0 bridgehead atoms. The van der Waals surface area contributed by atoms with Crippen molar-refractivity contribution >= 4 is 40.0 Å². The van der Waals surface area contributed by atoms with E-state index in [1.165, 1.54) is 0 Å². The average molecular weight is 333 g/mol. The highest BCUT2D eigenvalue weighted by molar-refractivity contribution is 14.1. The summed E-state index contributed by atoms with van der Waals surface area (Å²) in [5, 5.41) is 4.45. The minimum Gasteiger partial charge on any atom is -0.306 e. The number of aromatic nitrogens is 3. The van der Waals surface area contributed by atoms with Gasteiger partial charge in [0.15, 0.2) is 0 Å². The minimum atomic E-state index is 0.0420. The molecule has 0 saturated heterocycles. The zero-order valence-electron chi connectivity index (χ0n) is 8.00. The van der Waals surface area contributed by atoms with Crippen LogP contribution in [0.1, 0.15) is 17.0 Å². The lowest BCUT2D eigenvalue weighted by Gasteiger charge is -2.00. The molecule has 0 fully saturated rings. The van der Waals surface area contributed by atoms with E-state index in [9.17, 15) is 4.79 Å². The van der Waals surface area contributed by atoms with Crippen LogP contribution in [-0.4, -0.2) is 14.6 Å². The second-order valence-corrected chi connectivity index (χ2v) is 5.60. The molecule has 1 aliphatic heterocycles. The Labute approximate surface area is 104 Å². The number of halogens is 1. The van der Waals surface area contributed by atoms with Crippen molar-refractivity contribution < 1.29 is 0 Å². The SMILES string of the molecule is Cc1nn2c3c(c(=O)[nH]c2c1I)CSC3. The van der Waals surface area contributed by atoms with Gasteiger partial charge in [-0.2, -0.15) is 16.9 Å². The third-order valence-electron chi connectivity index (χ3n) is 2.58. The normalized spacial score (nSPS) is 14.8. The molecule has 6 heteroatoms. The van der Waals surface area contributed by atoms with Crippen molar-refractivity contribution in [3.63, 3.8) is 0 Å². The highest BCUT2D eigenvalue weighted by Crippen LogP contribution is 2.28. The quantitative estimate of drug-likeness (QED) is 0.747. The number of hydrogen-bond donors (Lipinski definition) is 1. The molecule has 0 saturated carbocycles. The molecule has 4 nitrogen and oxygen atoms in total. The van der Waals surface area contributed by atoms with E-state index in [1.807, 2.05) is 11.4 Å². The van der Waals surface area contributed by atoms with Gasteiger partial charge in [0.1, 0.15) is 5.65 Å². The van der Waals surface area contributed by atoms with Crippen molar-refractivity contribution in [2.24, 2.45) is 0 Å². The standard InChI is InChI=1S/C9H8IN3OS/c1-4-7(10)8-11-9(14)5-2-15-3-6(5)13(8)12-4/h2-3H2,1H3,(H,11,14). The van der Waals surface area contributed by atoms with Crippen molar-refractivity contribution in [3.05, 3.63) is 30.9 Å². The van der Waals surface area contributed by atoms with E-state index in [0.717, 1.165) is 37.7 Å². The van der Waals surface area contributed by atoms with Gasteiger partial charge in [-0.25, -0.2) is 4.52 Å². The maximum atomic E-state index is 11.8. The lowest BCUT2D eigenvalue weighted by atomic mass is 10.3. The summed E-state index contributed by atoms with van der Waals surface area (Å²) in [5.74, 6) is 1.68. The van der Waals surface area contributed by atoms with Gasteiger partial charge in [0, 0.05) is 17.1 Å². The lowest BCUT2D eigenvalue weighted by Crippen LogP contribution is -2.16. The van der Waals surface area contributed by atoms with Crippen LogP contribution in [0.3, 0.4) is 0 Å². The number of aromatic amines is 1. The summed E-state index contributed by atoms with van der Waals surface area (Å²) >= 11 is 3.98. The number of hydrogen-bond acceptors (Lipinski definition) is 3. The first-order valence-electron chi connectivity index (χ1n) is 4.55. The fourth-order valence-electron chi connectivity index (χ4n) is 1.80. The van der Waals surface area contributed by atoms with Gasteiger partial charge >= 0.3 is 0 Å². The van der Waals surface area contributed by atoms with Gasteiger partial charge in [-0.05, 0) is 29.5 Å². The fraction of sp³-hybridized carbons (Fsp3) is 0.333. The van der Waals surface area contributed by atoms with Crippen LogP contribution in [0.15, 0.2) is 4.79 Å². The smallest absolute Gasteiger partial charge is 0.255 e. The van der Waals surface area contributed by atoms with Crippen molar-refractivity contribution in [1.29, 1.82) is 0 Å². The van der Waals surface area contributed by atoms with E-state index < -0.39 is 0 Å². The van der Waals surface area contributed by atoms with E-state index in [4.69, 9.17) is 0 Å². The molecule has 15 heavy (non-hydrogen) atoms. The number of fused-ring (bicyclic) bond motifs is 3. The summed E-state index contributed by atoms with van der Waals surface area (Å²) in [6, 6.07) is 0. The van der Waals surface area contributed by atoms with Crippen molar-refractivity contribution in [2.75, 3.05) is 0 Å². The Morgan fingerprint density at radius 3 is 3.13 bits per heavy atom. The molecule has 0 atom stereocenters. The highest BCUT2D eigenvalue weighted by Gasteiger charge is 2.21. The van der Waals surface area contributed by atoms with Gasteiger partial charge < -0.3 is 4.98 Å². The first-order valence-corrected chi connectivity index (χ1v) is 6.78. The summed E-state index contributed by atoms with van der Waals surface area (Å²) in [7, 11) is 0. The molecule has 0 spiro atoms. The average Bonchev–Trinajstić information content (AvgIpc) is 2.77. The highest BCUT2D eigenvalue weighted by atomic mass is 127. The van der Waals surface area contributed by atoms with Crippen LogP contribution in [-0.2, 0) is 11.5 Å². The summed E-state index contributed by atoms with van der Waals surface area (Å²) in [5.41, 5.74) is 3.78. The molecule has 78 valence electrons. The van der Waals surface area contributed by atoms with Crippen LogP contribution in [0.25, 0.3) is 5.65 Å². The van der Waals surface area contributed by atoms with Crippen molar-refractivity contribution in [3.8, 4) is 0 Å². The second kappa shape index (κ2) is 3.24. The number of H-pyrrole nitrogens is 1. The molecule has 3 heterocycles. The molecule has 1 aliphatic rings. The molecular weight excluding hydrogens is 325 g/mol. The number of aryl methyl sites for hydroxylation is 1. The van der Waals surface area contributed by atoms with Crippen LogP contribution in [0.4, 0.5) is 0 Å². The summed E-state index contributed by atoms with van der Waals surface area (Å²) in [4.78, 5) is 14.7. The summed E-state index contributed by atoms with van der Waals surface area (Å²) in [6.45, 7) is 1.96. The molecule has 2 aromatic rings. The molecule has 3 rings (SSSR count). The summed E-state index contributed by atoms with van der Waals surface area (Å²) in [6.07, 6.45) is 0. The van der Waals surface area contributed by atoms with Crippen LogP contribution in [0.5, 0.6) is 0 Å². The molecular formula is C9H8IN3OS. The lowest BCUT2D eigenvalue weighted by molar-refractivity contribution is 0.857. The third-order valence-corrected chi connectivity index (χ3v) is 4.84. The molecule has 0 radical (unpaired) electrons. The maximum Gasteiger partial charge on any atom is 0.255 e. The Morgan fingerprint density at radius 1 is 1.53 bits per heavy atom. The molecule has 1 N–H and O–H groups in total. The van der Waals surface area contributed by atoms with E-state index in [-0.39, 0.29) is 5.56 Å². The van der Waals surface area contributed by atoms with E-state index in [1.54, 1.807) is 11.8 Å². The number of nitrogens with one attached hydrogen (secondary N) is 1. The van der Waals surface area contributed by atoms with Crippen molar-refractivity contribution in [2.45, 2.75) is 18.4 Å². The Morgan fingerprint density at radius 2 is 2.33 bits per heavy atom. The van der Waals surface area contributed by atoms with Crippen LogP contribution >= 0.6 is 34.4 Å². The maximum absolute atomic E-state index is 11.8. The first kappa shape index (κ1) is 9.71. The number of nitrogens with zero attached hydrogens (tertiary/aromatic N) is 2. The monoisotopic (exact) mass is 333 g/mol.